The Morgan fingerprint density at radius 3 is 1.10 bits per heavy atom. The fourth-order valence-electron chi connectivity index (χ4n) is 3.99. The molecule has 0 fully saturated rings. The second kappa shape index (κ2) is 7.24. The summed E-state index contributed by atoms with van der Waals surface area (Å²) >= 11 is 0. The number of benzene rings is 4. The van der Waals surface area contributed by atoms with Crippen LogP contribution in [0.1, 0.15) is 22.3 Å². The molecule has 4 N–H and O–H groups in total. The van der Waals surface area contributed by atoms with E-state index in [1.807, 2.05) is 0 Å². The van der Waals surface area contributed by atoms with E-state index < -0.39 is 5.41 Å². The Kier molecular flexibility index (Phi) is 4.61. The molecule has 0 aromatic heterocycles. The highest BCUT2D eigenvalue weighted by Crippen LogP contribution is 2.52. The molecule has 4 nitrogen and oxygen atoms in total. The molecule has 0 aliphatic heterocycles. The number of aromatic hydroxyl groups is 4. The van der Waals surface area contributed by atoms with Crippen LogP contribution in [0.2, 0.25) is 0 Å². The summed E-state index contributed by atoms with van der Waals surface area (Å²) in [5.74, 6) is 0.153. The summed E-state index contributed by atoms with van der Waals surface area (Å²) in [4.78, 5) is 0. The number of phenols is 4. The van der Waals surface area contributed by atoms with Gasteiger partial charge in [-0.05, 0) is 35.9 Å². The van der Waals surface area contributed by atoms with Crippen molar-refractivity contribution >= 4 is 0 Å². The van der Waals surface area contributed by atoms with E-state index >= 15 is 0 Å². The van der Waals surface area contributed by atoms with E-state index in [0.717, 1.165) is 0 Å². The van der Waals surface area contributed by atoms with Gasteiger partial charge in [0.05, 0.1) is 5.41 Å². The average molecular weight is 384 g/mol. The highest BCUT2D eigenvalue weighted by Gasteiger charge is 2.43. The normalized spacial score (nSPS) is 11.3. The summed E-state index contributed by atoms with van der Waals surface area (Å²) in [6.45, 7) is 0. The third kappa shape index (κ3) is 2.95. The first-order valence-corrected chi connectivity index (χ1v) is 9.20. The zero-order valence-electron chi connectivity index (χ0n) is 15.5. The van der Waals surface area contributed by atoms with Crippen LogP contribution in [0.5, 0.6) is 23.0 Å². The molecule has 0 heterocycles. The quantitative estimate of drug-likeness (QED) is 0.378. The van der Waals surface area contributed by atoms with Gasteiger partial charge in [0.25, 0.3) is 0 Å². The van der Waals surface area contributed by atoms with Crippen molar-refractivity contribution in [2.24, 2.45) is 0 Å². The minimum absolute atomic E-state index is 0.0204. The second-order valence-corrected chi connectivity index (χ2v) is 6.85. The summed E-state index contributed by atoms with van der Waals surface area (Å²) < 4.78 is 0. The van der Waals surface area contributed by atoms with Crippen LogP contribution >= 0.6 is 0 Å². The predicted molar refractivity (Wildman–Crippen MR) is 111 cm³/mol. The van der Waals surface area contributed by atoms with Gasteiger partial charge in [0.1, 0.15) is 23.0 Å². The molecule has 0 radical (unpaired) electrons. The Bertz CT molecular complexity index is 1040. The maximum Gasteiger partial charge on any atom is 0.120 e. The summed E-state index contributed by atoms with van der Waals surface area (Å²) in [5.41, 5.74) is 0.922. The van der Waals surface area contributed by atoms with Crippen LogP contribution in [0.25, 0.3) is 0 Å². The molecule has 0 bridgehead atoms. The van der Waals surface area contributed by atoms with Crippen molar-refractivity contribution in [1.82, 2.24) is 0 Å². The molecule has 144 valence electrons. The molecule has 4 heteroatoms. The molecule has 0 saturated carbocycles. The molecule has 0 amide bonds. The van der Waals surface area contributed by atoms with E-state index in [2.05, 4.69) is 0 Å². The third-order valence-electron chi connectivity index (χ3n) is 5.22. The Morgan fingerprint density at radius 2 is 0.759 bits per heavy atom. The van der Waals surface area contributed by atoms with Crippen molar-refractivity contribution in [3.05, 3.63) is 119 Å². The first kappa shape index (κ1) is 18.4. The van der Waals surface area contributed by atoms with Crippen molar-refractivity contribution in [2.75, 3.05) is 0 Å². The maximum absolute atomic E-state index is 10.9. The zero-order chi connectivity index (χ0) is 20.4. The van der Waals surface area contributed by atoms with Gasteiger partial charge in [-0.3, -0.25) is 0 Å². The Labute approximate surface area is 168 Å². The van der Waals surface area contributed by atoms with Crippen LogP contribution in [0.15, 0.2) is 97.1 Å². The summed E-state index contributed by atoms with van der Waals surface area (Å²) in [7, 11) is 0. The summed E-state index contributed by atoms with van der Waals surface area (Å²) in [5, 5.41) is 42.4. The average Bonchev–Trinajstić information content (AvgIpc) is 2.73. The van der Waals surface area contributed by atoms with Crippen LogP contribution < -0.4 is 0 Å². The lowest BCUT2D eigenvalue weighted by molar-refractivity contribution is 0.435. The third-order valence-corrected chi connectivity index (χ3v) is 5.22. The minimum atomic E-state index is -1.23. The van der Waals surface area contributed by atoms with Crippen LogP contribution in [0.3, 0.4) is 0 Å². The largest absolute Gasteiger partial charge is 0.508 e. The molecular formula is C25H20O4. The maximum atomic E-state index is 10.9. The Morgan fingerprint density at radius 1 is 0.414 bits per heavy atom. The Hall–Kier alpha value is -3.92. The monoisotopic (exact) mass is 384 g/mol. The lowest BCUT2D eigenvalue weighted by Crippen LogP contribution is -2.31. The number of para-hydroxylation sites is 3. The van der Waals surface area contributed by atoms with Crippen molar-refractivity contribution in [3.63, 3.8) is 0 Å². The fourth-order valence-corrected chi connectivity index (χ4v) is 3.99. The number of hydrogen-bond donors (Lipinski definition) is 4. The lowest BCUT2D eigenvalue weighted by Gasteiger charge is -2.37. The topological polar surface area (TPSA) is 80.9 Å². The molecular weight excluding hydrogens is 364 g/mol. The predicted octanol–water partition coefficient (Wildman–Crippen LogP) is 4.89. The van der Waals surface area contributed by atoms with Crippen molar-refractivity contribution in [1.29, 1.82) is 0 Å². The van der Waals surface area contributed by atoms with Crippen LogP contribution in [-0.4, -0.2) is 20.4 Å². The summed E-state index contributed by atoms with van der Waals surface area (Å²) in [6, 6.07) is 27.1. The number of rotatable bonds is 4. The minimum Gasteiger partial charge on any atom is -0.508 e. The van der Waals surface area contributed by atoms with Gasteiger partial charge in [0, 0.05) is 16.7 Å². The van der Waals surface area contributed by atoms with Gasteiger partial charge in [-0.2, -0.15) is 0 Å². The molecule has 4 rings (SSSR count). The van der Waals surface area contributed by atoms with E-state index in [4.69, 9.17) is 0 Å². The van der Waals surface area contributed by atoms with Gasteiger partial charge >= 0.3 is 0 Å². The van der Waals surface area contributed by atoms with Gasteiger partial charge in [0.2, 0.25) is 0 Å². The molecule has 0 saturated heterocycles. The van der Waals surface area contributed by atoms with Crippen molar-refractivity contribution in [3.8, 4) is 23.0 Å². The molecule has 4 aromatic rings. The van der Waals surface area contributed by atoms with Crippen LogP contribution in [0.4, 0.5) is 0 Å². The van der Waals surface area contributed by atoms with Crippen LogP contribution in [-0.2, 0) is 5.41 Å². The molecule has 0 aliphatic carbocycles. The van der Waals surface area contributed by atoms with E-state index in [0.29, 0.717) is 22.3 Å². The lowest BCUT2D eigenvalue weighted by atomic mass is 9.64. The van der Waals surface area contributed by atoms with Gasteiger partial charge in [-0.25, -0.2) is 0 Å². The highest BCUT2D eigenvalue weighted by atomic mass is 16.3. The molecule has 0 unspecified atom stereocenters. The molecule has 0 atom stereocenters. The Balaban J connectivity index is 2.23. The number of hydrogen-bond acceptors (Lipinski definition) is 4. The van der Waals surface area contributed by atoms with E-state index in [1.54, 1.807) is 97.1 Å². The molecule has 4 aromatic carbocycles. The van der Waals surface area contributed by atoms with Gasteiger partial charge in [-0.15, -0.1) is 0 Å². The van der Waals surface area contributed by atoms with Crippen molar-refractivity contribution < 1.29 is 20.4 Å². The smallest absolute Gasteiger partial charge is 0.120 e. The first-order valence-electron chi connectivity index (χ1n) is 9.20. The molecule has 0 aliphatic rings. The van der Waals surface area contributed by atoms with Gasteiger partial charge in [-0.1, -0.05) is 66.7 Å². The number of phenolic OH excluding ortho intramolecular Hbond substituents is 4. The van der Waals surface area contributed by atoms with Crippen molar-refractivity contribution in [2.45, 2.75) is 5.41 Å². The SMILES string of the molecule is Oc1ccc(C(c2ccccc2O)(c2ccccc2O)c2ccccc2O)cc1. The standard InChI is InChI=1S/C25H20O4/c26-18-15-13-17(14-16-18)25(19-7-1-4-10-22(19)27,20-8-2-5-11-23(20)28)21-9-3-6-12-24(21)29/h1-16,26-29H. The molecule has 29 heavy (non-hydrogen) atoms. The molecule has 0 spiro atoms. The fraction of sp³-hybridized carbons (Fsp3) is 0.0400. The van der Waals surface area contributed by atoms with E-state index in [1.165, 1.54) is 0 Å². The van der Waals surface area contributed by atoms with E-state index in [9.17, 15) is 20.4 Å². The van der Waals surface area contributed by atoms with Crippen LogP contribution in [0, 0.1) is 0 Å². The second-order valence-electron chi connectivity index (χ2n) is 6.85. The van der Waals surface area contributed by atoms with Gasteiger partial charge < -0.3 is 20.4 Å². The van der Waals surface area contributed by atoms with E-state index in [-0.39, 0.29) is 23.0 Å². The summed E-state index contributed by atoms with van der Waals surface area (Å²) in [6.07, 6.45) is 0. The highest BCUT2D eigenvalue weighted by molar-refractivity contribution is 5.67. The first-order chi connectivity index (χ1) is 14.0. The van der Waals surface area contributed by atoms with Gasteiger partial charge in [0.15, 0.2) is 0 Å². The zero-order valence-corrected chi connectivity index (χ0v) is 15.5.